The molecule has 2 aromatic carbocycles. The number of anilines is 1. The highest BCUT2D eigenvalue weighted by atomic mass is 16.5. The molecule has 164 valence electrons. The Bertz CT molecular complexity index is 984. The second-order valence-corrected chi connectivity index (χ2v) is 6.59. The Morgan fingerprint density at radius 2 is 1.77 bits per heavy atom. The number of carbonyl (C=O) groups is 3. The SMILES string of the molecule is CCOc1ccc(/C=C/C(=O)OCC(=O)NC(=O)Nc2ccc(C)c(C)c2)cc1OC. The molecular formula is C23H26N2O6. The smallest absolute Gasteiger partial charge is 0.331 e. The monoisotopic (exact) mass is 426 g/mol. The van der Waals surface area contributed by atoms with Crippen molar-refractivity contribution in [3.05, 3.63) is 59.2 Å². The third-order valence-electron chi connectivity index (χ3n) is 4.26. The predicted molar refractivity (Wildman–Crippen MR) is 117 cm³/mol. The second kappa shape index (κ2) is 11.4. The first kappa shape index (κ1) is 23.5. The summed E-state index contributed by atoms with van der Waals surface area (Å²) in [6.07, 6.45) is 2.70. The topological polar surface area (TPSA) is 103 Å². The van der Waals surface area contributed by atoms with Gasteiger partial charge in [-0.2, -0.15) is 0 Å². The van der Waals surface area contributed by atoms with E-state index >= 15 is 0 Å². The lowest BCUT2D eigenvalue weighted by molar-refractivity contribution is -0.143. The zero-order chi connectivity index (χ0) is 22.8. The molecule has 0 spiro atoms. The Balaban J connectivity index is 1.81. The molecule has 0 aromatic heterocycles. The fourth-order valence-corrected chi connectivity index (χ4v) is 2.56. The largest absolute Gasteiger partial charge is 0.493 e. The molecule has 2 N–H and O–H groups in total. The number of methoxy groups -OCH3 is 1. The molecule has 0 fully saturated rings. The van der Waals surface area contributed by atoms with E-state index in [4.69, 9.17) is 14.2 Å². The maximum absolute atomic E-state index is 11.9. The van der Waals surface area contributed by atoms with Crippen LogP contribution in [-0.4, -0.2) is 38.2 Å². The highest BCUT2D eigenvalue weighted by Gasteiger charge is 2.10. The average Bonchev–Trinajstić information content (AvgIpc) is 2.74. The van der Waals surface area contributed by atoms with Gasteiger partial charge in [0.1, 0.15) is 0 Å². The molecule has 0 aliphatic carbocycles. The summed E-state index contributed by atoms with van der Waals surface area (Å²) in [4.78, 5) is 35.6. The fourth-order valence-electron chi connectivity index (χ4n) is 2.56. The maximum Gasteiger partial charge on any atom is 0.331 e. The van der Waals surface area contributed by atoms with Crippen molar-refractivity contribution in [3.8, 4) is 11.5 Å². The van der Waals surface area contributed by atoms with E-state index in [9.17, 15) is 14.4 Å². The van der Waals surface area contributed by atoms with Crippen molar-refractivity contribution in [3.63, 3.8) is 0 Å². The maximum atomic E-state index is 11.9. The molecule has 0 heterocycles. The van der Waals surface area contributed by atoms with Crippen LogP contribution in [0.5, 0.6) is 11.5 Å². The van der Waals surface area contributed by atoms with Gasteiger partial charge in [0.2, 0.25) is 0 Å². The van der Waals surface area contributed by atoms with Crippen LogP contribution in [0, 0.1) is 13.8 Å². The van der Waals surface area contributed by atoms with E-state index in [0.717, 1.165) is 11.1 Å². The number of nitrogens with one attached hydrogen (secondary N) is 2. The molecule has 0 saturated heterocycles. The Morgan fingerprint density at radius 3 is 2.45 bits per heavy atom. The summed E-state index contributed by atoms with van der Waals surface area (Å²) in [5, 5.41) is 4.66. The van der Waals surface area contributed by atoms with Gasteiger partial charge in [-0.15, -0.1) is 0 Å². The standard InChI is InChI=1S/C23H26N2O6/c1-5-30-19-10-7-17(13-20(19)29-4)8-11-22(27)31-14-21(26)25-23(28)24-18-9-6-15(2)16(3)12-18/h6-13H,5,14H2,1-4H3,(H2,24,25,26,28)/b11-8+. The van der Waals surface area contributed by atoms with Crippen LogP contribution in [0.25, 0.3) is 6.08 Å². The van der Waals surface area contributed by atoms with Gasteiger partial charge in [-0.25, -0.2) is 9.59 Å². The zero-order valence-corrected chi connectivity index (χ0v) is 18.0. The molecule has 0 aliphatic rings. The third kappa shape index (κ3) is 7.50. The molecule has 2 aromatic rings. The van der Waals surface area contributed by atoms with E-state index in [1.165, 1.54) is 19.3 Å². The molecule has 0 bridgehead atoms. The number of imide groups is 1. The molecular weight excluding hydrogens is 400 g/mol. The number of hydrogen-bond donors (Lipinski definition) is 2. The molecule has 0 unspecified atom stereocenters. The number of carbonyl (C=O) groups excluding carboxylic acids is 3. The molecule has 0 aliphatic heterocycles. The summed E-state index contributed by atoms with van der Waals surface area (Å²) in [5.74, 6) is -0.338. The number of ether oxygens (including phenoxy) is 3. The Hall–Kier alpha value is -3.81. The van der Waals surface area contributed by atoms with Crippen molar-refractivity contribution >= 4 is 29.7 Å². The Labute approximate surface area is 181 Å². The highest BCUT2D eigenvalue weighted by Crippen LogP contribution is 2.28. The molecule has 0 radical (unpaired) electrons. The van der Waals surface area contributed by atoms with Gasteiger partial charge in [0.15, 0.2) is 18.1 Å². The lowest BCUT2D eigenvalue weighted by Crippen LogP contribution is -2.37. The van der Waals surface area contributed by atoms with Crippen LogP contribution in [-0.2, 0) is 14.3 Å². The third-order valence-corrected chi connectivity index (χ3v) is 4.26. The van der Waals surface area contributed by atoms with Crippen LogP contribution >= 0.6 is 0 Å². The van der Waals surface area contributed by atoms with E-state index in [2.05, 4.69) is 10.6 Å². The Morgan fingerprint density at radius 1 is 1.00 bits per heavy atom. The van der Waals surface area contributed by atoms with Gasteiger partial charge in [0.25, 0.3) is 5.91 Å². The van der Waals surface area contributed by atoms with Gasteiger partial charge < -0.3 is 19.5 Å². The molecule has 31 heavy (non-hydrogen) atoms. The Kier molecular flexibility index (Phi) is 8.63. The summed E-state index contributed by atoms with van der Waals surface area (Å²) in [7, 11) is 1.52. The molecule has 0 atom stereocenters. The summed E-state index contributed by atoms with van der Waals surface area (Å²) >= 11 is 0. The number of urea groups is 1. The second-order valence-electron chi connectivity index (χ2n) is 6.59. The van der Waals surface area contributed by atoms with Crippen molar-refractivity contribution in [2.24, 2.45) is 0 Å². The van der Waals surface area contributed by atoms with Crippen molar-refractivity contribution in [1.29, 1.82) is 0 Å². The molecule has 8 heteroatoms. The minimum absolute atomic E-state index is 0.503. The van der Waals surface area contributed by atoms with Crippen LogP contribution in [0.15, 0.2) is 42.5 Å². The van der Waals surface area contributed by atoms with E-state index < -0.39 is 24.5 Å². The van der Waals surface area contributed by atoms with Crippen molar-refractivity contribution in [2.75, 3.05) is 25.6 Å². The van der Waals surface area contributed by atoms with Crippen LogP contribution in [0.2, 0.25) is 0 Å². The lowest BCUT2D eigenvalue weighted by Gasteiger charge is -2.09. The van der Waals surface area contributed by atoms with Gasteiger partial charge in [-0.05, 0) is 67.8 Å². The number of benzene rings is 2. The highest BCUT2D eigenvalue weighted by molar-refractivity contribution is 6.02. The number of aryl methyl sites for hydroxylation is 2. The quantitative estimate of drug-likeness (QED) is 0.494. The van der Waals surface area contributed by atoms with Crippen molar-refractivity contribution < 1.29 is 28.6 Å². The normalized spacial score (nSPS) is 10.5. The molecule has 8 nitrogen and oxygen atoms in total. The summed E-state index contributed by atoms with van der Waals surface area (Å²) in [5.41, 5.74) is 3.34. The van der Waals surface area contributed by atoms with E-state index in [1.807, 2.05) is 26.8 Å². The zero-order valence-electron chi connectivity index (χ0n) is 18.0. The van der Waals surface area contributed by atoms with Gasteiger partial charge >= 0.3 is 12.0 Å². The van der Waals surface area contributed by atoms with E-state index in [-0.39, 0.29) is 0 Å². The van der Waals surface area contributed by atoms with Crippen molar-refractivity contribution in [2.45, 2.75) is 20.8 Å². The summed E-state index contributed by atoms with van der Waals surface area (Å²) in [6.45, 7) is 5.66. The van der Waals surface area contributed by atoms with E-state index in [0.29, 0.717) is 29.4 Å². The summed E-state index contributed by atoms with van der Waals surface area (Å²) < 4.78 is 15.5. The predicted octanol–water partition coefficient (Wildman–Crippen LogP) is 3.62. The first-order valence-corrected chi connectivity index (χ1v) is 9.66. The minimum Gasteiger partial charge on any atom is -0.493 e. The first-order valence-electron chi connectivity index (χ1n) is 9.66. The fraction of sp³-hybridized carbons (Fsp3) is 0.261. The average molecular weight is 426 g/mol. The summed E-state index contributed by atoms with van der Waals surface area (Å²) in [6, 6.07) is 9.87. The van der Waals surface area contributed by atoms with Crippen molar-refractivity contribution in [1.82, 2.24) is 5.32 Å². The minimum atomic E-state index is -0.745. The van der Waals surface area contributed by atoms with Gasteiger partial charge in [-0.3, -0.25) is 10.1 Å². The van der Waals surface area contributed by atoms with Crippen LogP contribution < -0.4 is 20.1 Å². The molecule has 0 saturated carbocycles. The van der Waals surface area contributed by atoms with E-state index in [1.54, 1.807) is 30.3 Å². The lowest BCUT2D eigenvalue weighted by atomic mass is 10.1. The number of rotatable bonds is 8. The number of hydrogen-bond acceptors (Lipinski definition) is 6. The van der Waals surface area contributed by atoms with Crippen LogP contribution in [0.1, 0.15) is 23.6 Å². The van der Waals surface area contributed by atoms with Gasteiger partial charge in [0.05, 0.1) is 13.7 Å². The molecule has 2 rings (SSSR count). The first-order chi connectivity index (χ1) is 14.8. The van der Waals surface area contributed by atoms with Crippen LogP contribution in [0.3, 0.4) is 0 Å². The number of amides is 3. The van der Waals surface area contributed by atoms with Gasteiger partial charge in [-0.1, -0.05) is 12.1 Å². The number of esters is 1. The van der Waals surface area contributed by atoms with Crippen LogP contribution in [0.4, 0.5) is 10.5 Å². The van der Waals surface area contributed by atoms with Gasteiger partial charge in [0, 0.05) is 11.8 Å². The molecule has 3 amide bonds.